The summed E-state index contributed by atoms with van der Waals surface area (Å²) < 4.78 is 10.8. The van der Waals surface area contributed by atoms with E-state index in [9.17, 15) is 0 Å². The molecule has 0 atom stereocenters. The van der Waals surface area contributed by atoms with Crippen molar-refractivity contribution in [1.29, 1.82) is 0 Å². The van der Waals surface area contributed by atoms with Crippen LogP contribution in [0.15, 0.2) is 10.5 Å². The number of aryl methyl sites for hydroxylation is 1. The van der Waals surface area contributed by atoms with Crippen LogP contribution in [0.25, 0.3) is 0 Å². The Morgan fingerprint density at radius 1 is 1.54 bits per heavy atom. The van der Waals surface area contributed by atoms with Crippen LogP contribution in [0.2, 0.25) is 0 Å². The lowest BCUT2D eigenvalue weighted by atomic mass is 10.2. The van der Waals surface area contributed by atoms with Crippen molar-refractivity contribution in [3.63, 3.8) is 0 Å². The number of hydrogen-bond acceptors (Lipinski definition) is 3. The Morgan fingerprint density at radius 3 is 2.92 bits per heavy atom. The van der Waals surface area contributed by atoms with E-state index in [0.29, 0.717) is 6.61 Å². The van der Waals surface area contributed by atoms with E-state index in [1.165, 1.54) is 5.56 Å². The van der Waals surface area contributed by atoms with E-state index in [-0.39, 0.29) is 0 Å². The highest BCUT2D eigenvalue weighted by molar-refractivity contribution is 5.19. The number of furan rings is 1. The molecule has 1 heterocycles. The second-order valence-corrected chi connectivity index (χ2v) is 2.99. The van der Waals surface area contributed by atoms with Gasteiger partial charge < -0.3 is 14.5 Å². The molecule has 0 aliphatic heterocycles. The molecule has 0 saturated carbocycles. The molecule has 0 radical (unpaired) electrons. The zero-order chi connectivity index (χ0) is 9.68. The first kappa shape index (κ1) is 10.3. The van der Waals surface area contributed by atoms with Crippen LogP contribution in [0, 0.1) is 6.92 Å². The lowest BCUT2D eigenvalue weighted by Crippen LogP contribution is -2.04. The van der Waals surface area contributed by atoms with E-state index in [1.54, 1.807) is 0 Å². The van der Waals surface area contributed by atoms with Gasteiger partial charge in [-0.25, -0.2) is 0 Å². The Labute approximate surface area is 79.1 Å². The molecular weight excluding hydrogens is 166 g/mol. The summed E-state index contributed by atoms with van der Waals surface area (Å²) in [6, 6.07) is 2.03. The predicted molar refractivity (Wildman–Crippen MR) is 51.5 cm³/mol. The second-order valence-electron chi connectivity index (χ2n) is 2.99. The molecule has 0 bridgehead atoms. The molecule has 3 nitrogen and oxygen atoms in total. The van der Waals surface area contributed by atoms with E-state index < -0.39 is 0 Å². The fraction of sp³-hybridized carbons (Fsp3) is 0.600. The first-order chi connectivity index (χ1) is 6.27. The maximum Gasteiger partial charge on any atom is 0.130 e. The molecule has 0 amide bonds. The fourth-order valence-electron chi connectivity index (χ4n) is 1.20. The van der Waals surface area contributed by atoms with Crippen LogP contribution < -0.4 is 5.32 Å². The zero-order valence-corrected chi connectivity index (χ0v) is 8.52. The van der Waals surface area contributed by atoms with Gasteiger partial charge in [0.05, 0.1) is 6.54 Å². The van der Waals surface area contributed by atoms with Crippen LogP contribution in [0.5, 0.6) is 0 Å². The molecule has 1 aromatic heterocycles. The third kappa shape index (κ3) is 2.86. The zero-order valence-electron chi connectivity index (χ0n) is 8.52. The minimum absolute atomic E-state index is 0.570. The van der Waals surface area contributed by atoms with E-state index in [4.69, 9.17) is 9.15 Å². The molecule has 0 unspecified atom stereocenters. The Kier molecular flexibility index (Phi) is 3.99. The van der Waals surface area contributed by atoms with E-state index in [2.05, 4.69) is 5.32 Å². The van der Waals surface area contributed by atoms with Crippen molar-refractivity contribution in [2.24, 2.45) is 0 Å². The van der Waals surface area contributed by atoms with Gasteiger partial charge in [0.2, 0.25) is 0 Å². The summed E-state index contributed by atoms with van der Waals surface area (Å²) in [4.78, 5) is 0. The summed E-state index contributed by atoms with van der Waals surface area (Å²) in [5, 5.41) is 3.06. The fourth-order valence-corrected chi connectivity index (χ4v) is 1.20. The highest BCUT2D eigenvalue weighted by Crippen LogP contribution is 2.14. The summed E-state index contributed by atoms with van der Waals surface area (Å²) in [6.07, 6.45) is 0. The number of nitrogens with one attached hydrogen (secondary N) is 1. The molecule has 0 spiro atoms. The highest BCUT2D eigenvalue weighted by atomic mass is 16.5. The molecule has 0 fully saturated rings. The quantitative estimate of drug-likeness (QED) is 0.756. The van der Waals surface area contributed by atoms with Crippen molar-refractivity contribution < 1.29 is 9.15 Å². The average molecular weight is 183 g/mol. The lowest BCUT2D eigenvalue weighted by molar-refractivity contribution is 0.117. The SMILES string of the molecule is CCOCc1cc(C)c(CNC)o1. The Morgan fingerprint density at radius 2 is 2.31 bits per heavy atom. The standard InChI is InChI=1S/C10H17NO2/c1-4-12-7-9-5-8(2)10(13-9)6-11-3/h5,11H,4,6-7H2,1-3H3. The molecule has 0 aromatic carbocycles. The van der Waals surface area contributed by atoms with Gasteiger partial charge in [-0.15, -0.1) is 0 Å². The van der Waals surface area contributed by atoms with Crippen molar-refractivity contribution in [2.45, 2.75) is 27.0 Å². The number of hydrogen-bond donors (Lipinski definition) is 1. The van der Waals surface area contributed by atoms with Gasteiger partial charge in [0.15, 0.2) is 0 Å². The summed E-state index contributed by atoms with van der Waals surface area (Å²) in [7, 11) is 1.91. The molecular formula is C10H17NO2. The summed E-state index contributed by atoms with van der Waals surface area (Å²) >= 11 is 0. The van der Waals surface area contributed by atoms with Crippen LogP contribution >= 0.6 is 0 Å². The first-order valence-electron chi connectivity index (χ1n) is 4.58. The summed E-state index contributed by atoms with van der Waals surface area (Å²) in [5.41, 5.74) is 1.18. The molecule has 0 aliphatic rings. The van der Waals surface area contributed by atoms with Crippen LogP contribution in [0.4, 0.5) is 0 Å². The minimum Gasteiger partial charge on any atom is -0.462 e. The van der Waals surface area contributed by atoms with Gasteiger partial charge in [-0.1, -0.05) is 0 Å². The van der Waals surface area contributed by atoms with Gasteiger partial charge in [-0.3, -0.25) is 0 Å². The molecule has 1 aromatic rings. The Bertz CT molecular complexity index is 255. The third-order valence-electron chi connectivity index (χ3n) is 1.86. The topological polar surface area (TPSA) is 34.4 Å². The van der Waals surface area contributed by atoms with Crippen molar-refractivity contribution >= 4 is 0 Å². The van der Waals surface area contributed by atoms with Gasteiger partial charge in [0.1, 0.15) is 18.1 Å². The molecule has 0 saturated heterocycles. The predicted octanol–water partition coefficient (Wildman–Crippen LogP) is 1.84. The van der Waals surface area contributed by atoms with E-state index in [0.717, 1.165) is 24.7 Å². The van der Waals surface area contributed by atoms with Gasteiger partial charge in [-0.05, 0) is 32.5 Å². The monoisotopic (exact) mass is 183 g/mol. The minimum atomic E-state index is 0.570. The largest absolute Gasteiger partial charge is 0.462 e. The van der Waals surface area contributed by atoms with Gasteiger partial charge in [-0.2, -0.15) is 0 Å². The van der Waals surface area contributed by atoms with Gasteiger partial charge in [0, 0.05) is 6.61 Å². The smallest absolute Gasteiger partial charge is 0.130 e. The molecule has 74 valence electrons. The number of rotatable bonds is 5. The van der Waals surface area contributed by atoms with Crippen molar-refractivity contribution in [3.05, 3.63) is 23.2 Å². The summed E-state index contributed by atoms with van der Waals surface area (Å²) in [6.45, 7) is 6.09. The Balaban J connectivity index is 2.59. The Hall–Kier alpha value is -0.800. The molecule has 1 N–H and O–H groups in total. The van der Waals surface area contributed by atoms with Crippen molar-refractivity contribution in [1.82, 2.24) is 5.32 Å². The molecule has 0 aliphatic carbocycles. The number of ether oxygens (including phenoxy) is 1. The van der Waals surface area contributed by atoms with Crippen LogP contribution in [0.3, 0.4) is 0 Å². The summed E-state index contributed by atoms with van der Waals surface area (Å²) in [5.74, 6) is 1.90. The third-order valence-corrected chi connectivity index (χ3v) is 1.86. The molecule has 1 rings (SSSR count). The molecule has 3 heteroatoms. The maximum absolute atomic E-state index is 5.57. The average Bonchev–Trinajstić information content (AvgIpc) is 2.45. The maximum atomic E-state index is 5.57. The molecule has 13 heavy (non-hydrogen) atoms. The van der Waals surface area contributed by atoms with Crippen molar-refractivity contribution in [3.8, 4) is 0 Å². The first-order valence-corrected chi connectivity index (χ1v) is 4.58. The van der Waals surface area contributed by atoms with E-state index in [1.807, 2.05) is 27.0 Å². The van der Waals surface area contributed by atoms with Gasteiger partial charge >= 0.3 is 0 Å². The van der Waals surface area contributed by atoms with E-state index >= 15 is 0 Å². The van der Waals surface area contributed by atoms with Gasteiger partial charge in [0.25, 0.3) is 0 Å². The lowest BCUT2D eigenvalue weighted by Gasteiger charge is -1.97. The normalized spacial score (nSPS) is 10.7. The van der Waals surface area contributed by atoms with Crippen molar-refractivity contribution in [2.75, 3.05) is 13.7 Å². The highest BCUT2D eigenvalue weighted by Gasteiger charge is 2.05. The second kappa shape index (κ2) is 5.04. The van der Waals surface area contributed by atoms with Crippen LogP contribution in [-0.4, -0.2) is 13.7 Å². The van der Waals surface area contributed by atoms with Crippen LogP contribution in [0.1, 0.15) is 24.0 Å². The van der Waals surface area contributed by atoms with Crippen LogP contribution in [-0.2, 0) is 17.9 Å².